The van der Waals surface area contributed by atoms with Crippen molar-refractivity contribution >= 4 is 21.6 Å². The van der Waals surface area contributed by atoms with Crippen molar-refractivity contribution in [3.05, 3.63) is 52.0 Å². The van der Waals surface area contributed by atoms with Crippen molar-refractivity contribution in [1.82, 2.24) is 0 Å². The van der Waals surface area contributed by atoms with Gasteiger partial charge < -0.3 is 15.2 Å². The van der Waals surface area contributed by atoms with Crippen LogP contribution in [0.15, 0.2) is 40.9 Å². The van der Waals surface area contributed by atoms with Crippen LogP contribution in [0, 0.1) is 6.92 Å². The van der Waals surface area contributed by atoms with Crippen molar-refractivity contribution in [2.75, 3.05) is 12.8 Å². The average molecular weight is 322 g/mol. The molecule has 19 heavy (non-hydrogen) atoms. The Balaban J connectivity index is 2.09. The fourth-order valence-electron chi connectivity index (χ4n) is 1.76. The number of rotatable bonds is 4. The molecule has 2 rings (SSSR count). The topological polar surface area (TPSA) is 44.5 Å². The third kappa shape index (κ3) is 3.64. The van der Waals surface area contributed by atoms with Gasteiger partial charge in [0.2, 0.25) is 0 Å². The minimum absolute atomic E-state index is 0.461. The Morgan fingerprint density at radius 1 is 1.11 bits per heavy atom. The van der Waals surface area contributed by atoms with E-state index >= 15 is 0 Å². The normalized spacial score (nSPS) is 10.3. The van der Waals surface area contributed by atoms with Gasteiger partial charge in [-0.25, -0.2) is 0 Å². The molecule has 0 aliphatic carbocycles. The van der Waals surface area contributed by atoms with Crippen LogP contribution in [-0.2, 0) is 6.61 Å². The van der Waals surface area contributed by atoms with Crippen molar-refractivity contribution in [2.45, 2.75) is 13.5 Å². The first-order chi connectivity index (χ1) is 9.08. The number of nitrogen functional groups attached to an aromatic ring is 1. The first kappa shape index (κ1) is 13.7. The Labute approximate surface area is 121 Å². The van der Waals surface area contributed by atoms with Gasteiger partial charge in [0.15, 0.2) is 0 Å². The number of nitrogens with two attached hydrogens (primary N) is 1. The number of methoxy groups -OCH3 is 1. The molecule has 4 heteroatoms. The standard InChI is InChI=1S/C15H16BrNO2/c1-10-5-13(3-4-15(10)16)19-9-11-6-12(17)8-14(7-11)18-2/h3-8H,9,17H2,1-2H3. The van der Waals surface area contributed by atoms with E-state index in [1.165, 1.54) is 0 Å². The monoisotopic (exact) mass is 321 g/mol. The van der Waals surface area contributed by atoms with Gasteiger partial charge in [-0.2, -0.15) is 0 Å². The first-order valence-electron chi connectivity index (χ1n) is 5.91. The van der Waals surface area contributed by atoms with Gasteiger partial charge in [-0.05, 0) is 48.4 Å². The van der Waals surface area contributed by atoms with Gasteiger partial charge in [0, 0.05) is 16.2 Å². The fourth-order valence-corrected chi connectivity index (χ4v) is 2.01. The summed E-state index contributed by atoms with van der Waals surface area (Å²) in [5, 5.41) is 0. The van der Waals surface area contributed by atoms with Crippen LogP contribution >= 0.6 is 15.9 Å². The maximum absolute atomic E-state index is 5.81. The lowest BCUT2D eigenvalue weighted by molar-refractivity contribution is 0.305. The molecule has 0 heterocycles. The summed E-state index contributed by atoms with van der Waals surface area (Å²) in [4.78, 5) is 0. The second-order valence-corrected chi connectivity index (χ2v) is 5.17. The number of halogens is 1. The lowest BCUT2D eigenvalue weighted by Crippen LogP contribution is -1.98. The summed E-state index contributed by atoms with van der Waals surface area (Å²) in [5.74, 6) is 1.58. The van der Waals surface area contributed by atoms with Crippen LogP contribution in [0.4, 0.5) is 5.69 Å². The van der Waals surface area contributed by atoms with Crippen LogP contribution < -0.4 is 15.2 Å². The Kier molecular flexibility index (Phi) is 4.32. The predicted octanol–water partition coefficient (Wildman–Crippen LogP) is 3.93. The molecule has 0 spiro atoms. The molecule has 2 aromatic rings. The van der Waals surface area contributed by atoms with E-state index in [4.69, 9.17) is 15.2 Å². The van der Waals surface area contributed by atoms with Gasteiger partial charge in [0.05, 0.1) is 7.11 Å². The molecule has 0 amide bonds. The van der Waals surface area contributed by atoms with Crippen LogP contribution in [0.2, 0.25) is 0 Å². The predicted molar refractivity (Wildman–Crippen MR) is 80.6 cm³/mol. The molecule has 0 aliphatic rings. The zero-order valence-electron chi connectivity index (χ0n) is 10.9. The van der Waals surface area contributed by atoms with Crippen LogP contribution in [-0.4, -0.2) is 7.11 Å². The maximum atomic E-state index is 5.81. The highest BCUT2D eigenvalue weighted by Gasteiger charge is 2.02. The number of aryl methyl sites for hydroxylation is 1. The number of hydrogen-bond acceptors (Lipinski definition) is 3. The molecule has 0 saturated heterocycles. The smallest absolute Gasteiger partial charge is 0.121 e. The summed E-state index contributed by atoms with van der Waals surface area (Å²) < 4.78 is 12.0. The summed E-state index contributed by atoms with van der Waals surface area (Å²) in [7, 11) is 1.62. The average Bonchev–Trinajstić information content (AvgIpc) is 2.39. The lowest BCUT2D eigenvalue weighted by atomic mass is 10.2. The first-order valence-corrected chi connectivity index (χ1v) is 6.70. The van der Waals surface area contributed by atoms with Gasteiger partial charge in [-0.1, -0.05) is 15.9 Å². The van der Waals surface area contributed by atoms with E-state index in [1.807, 2.05) is 37.3 Å². The molecule has 0 radical (unpaired) electrons. The molecule has 0 unspecified atom stereocenters. The molecule has 0 bridgehead atoms. The minimum atomic E-state index is 0.461. The number of benzene rings is 2. The second-order valence-electron chi connectivity index (χ2n) is 4.31. The van der Waals surface area contributed by atoms with Crippen molar-refractivity contribution in [2.24, 2.45) is 0 Å². The van der Waals surface area contributed by atoms with E-state index in [9.17, 15) is 0 Å². The molecular formula is C15H16BrNO2. The summed E-state index contributed by atoms with van der Waals surface area (Å²) in [6.45, 7) is 2.49. The molecule has 0 fully saturated rings. The fraction of sp³-hybridized carbons (Fsp3) is 0.200. The summed E-state index contributed by atoms with van der Waals surface area (Å²) >= 11 is 3.47. The van der Waals surface area contributed by atoms with Crippen LogP contribution in [0.5, 0.6) is 11.5 Å². The van der Waals surface area contributed by atoms with Crippen LogP contribution in [0.1, 0.15) is 11.1 Å². The summed E-state index contributed by atoms with van der Waals surface area (Å²) in [6, 6.07) is 11.5. The zero-order valence-corrected chi connectivity index (χ0v) is 12.5. The van der Waals surface area contributed by atoms with Gasteiger partial charge in [-0.3, -0.25) is 0 Å². The summed E-state index contributed by atoms with van der Waals surface area (Å²) in [6.07, 6.45) is 0. The molecule has 0 aliphatic heterocycles. The van der Waals surface area contributed by atoms with E-state index in [-0.39, 0.29) is 0 Å². The number of ether oxygens (including phenoxy) is 2. The maximum Gasteiger partial charge on any atom is 0.121 e. The van der Waals surface area contributed by atoms with Crippen molar-refractivity contribution in [3.8, 4) is 11.5 Å². The van der Waals surface area contributed by atoms with E-state index in [1.54, 1.807) is 13.2 Å². The highest BCUT2D eigenvalue weighted by atomic mass is 79.9. The van der Waals surface area contributed by atoms with Gasteiger partial charge in [0.1, 0.15) is 18.1 Å². The molecule has 0 saturated carbocycles. The van der Waals surface area contributed by atoms with E-state index in [0.29, 0.717) is 12.3 Å². The third-order valence-corrected chi connectivity index (χ3v) is 3.65. The van der Waals surface area contributed by atoms with Gasteiger partial charge in [-0.15, -0.1) is 0 Å². The summed E-state index contributed by atoms with van der Waals surface area (Å²) in [5.41, 5.74) is 8.60. The molecule has 100 valence electrons. The van der Waals surface area contributed by atoms with Crippen LogP contribution in [0.25, 0.3) is 0 Å². The van der Waals surface area contributed by atoms with E-state index in [2.05, 4.69) is 15.9 Å². The molecule has 2 aromatic carbocycles. The Morgan fingerprint density at radius 2 is 1.89 bits per heavy atom. The van der Waals surface area contributed by atoms with Gasteiger partial charge >= 0.3 is 0 Å². The van der Waals surface area contributed by atoms with Crippen LogP contribution in [0.3, 0.4) is 0 Å². The largest absolute Gasteiger partial charge is 0.497 e. The molecule has 0 atom stereocenters. The van der Waals surface area contributed by atoms with Crippen molar-refractivity contribution in [1.29, 1.82) is 0 Å². The van der Waals surface area contributed by atoms with E-state index in [0.717, 1.165) is 27.1 Å². The van der Waals surface area contributed by atoms with E-state index < -0.39 is 0 Å². The Bertz CT molecular complexity index is 584. The molecular weight excluding hydrogens is 306 g/mol. The molecule has 0 aromatic heterocycles. The SMILES string of the molecule is COc1cc(N)cc(COc2ccc(Br)c(C)c2)c1. The van der Waals surface area contributed by atoms with Crippen molar-refractivity contribution < 1.29 is 9.47 Å². The third-order valence-electron chi connectivity index (χ3n) is 2.76. The minimum Gasteiger partial charge on any atom is -0.497 e. The second kappa shape index (κ2) is 5.97. The number of hydrogen-bond donors (Lipinski definition) is 1. The Hall–Kier alpha value is -1.68. The zero-order chi connectivity index (χ0) is 13.8. The highest BCUT2D eigenvalue weighted by Crippen LogP contribution is 2.23. The highest BCUT2D eigenvalue weighted by molar-refractivity contribution is 9.10. The quantitative estimate of drug-likeness (QED) is 0.868. The molecule has 2 N–H and O–H groups in total. The van der Waals surface area contributed by atoms with Gasteiger partial charge in [0.25, 0.3) is 0 Å². The number of anilines is 1. The Morgan fingerprint density at radius 3 is 2.58 bits per heavy atom. The molecule has 3 nitrogen and oxygen atoms in total. The lowest BCUT2D eigenvalue weighted by Gasteiger charge is -2.10. The van der Waals surface area contributed by atoms with Crippen molar-refractivity contribution in [3.63, 3.8) is 0 Å².